The first-order chi connectivity index (χ1) is 18.7. The molecule has 2 N–H and O–H groups in total. The highest BCUT2D eigenvalue weighted by molar-refractivity contribution is 5.74. The molecule has 0 aromatic carbocycles. The zero-order valence-electron chi connectivity index (χ0n) is 24.8. The second-order valence-electron chi connectivity index (χ2n) is 11.6. The van der Waals surface area contributed by atoms with Crippen LogP contribution in [0.5, 0.6) is 0 Å². The third-order valence-electron chi connectivity index (χ3n) is 8.12. The van der Waals surface area contributed by atoms with Gasteiger partial charge in [-0.05, 0) is 25.7 Å². The lowest BCUT2D eigenvalue weighted by Gasteiger charge is -2.35. The van der Waals surface area contributed by atoms with E-state index < -0.39 is 0 Å². The van der Waals surface area contributed by atoms with Crippen molar-refractivity contribution in [2.45, 2.75) is 141 Å². The summed E-state index contributed by atoms with van der Waals surface area (Å²) in [6.45, 7) is 8.01. The maximum atomic E-state index is 12.8. The smallest absolute Gasteiger partial charge is 0.407 e. The lowest BCUT2D eigenvalue weighted by molar-refractivity contribution is 0.111. The summed E-state index contributed by atoms with van der Waals surface area (Å²) in [6.07, 6.45) is 25.3. The van der Waals surface area contributed by atoms with Crippen LogP contribution in [0.25, 0.3) is 0 Å². The van der Waals surface area contributed by atoms with E-state index in [1.807, 2.05) is 4.90 Å². The van der Waals surface area contributed by atoms with Gasteiger partial charge >= 0.3 is 12.1 Å². The molecule has 0 bridgehead atoms. The summed E-state index contributed by atoms with van der Waals surface area (Å²) in [4.78, 5) is 28.8. The van der Waals surface area contributed by atoms with Crippen molar-refractivity contribution in [2.24, 2.45) is 0 Å². The van der Waals surface area contributed by atoms with Gasteiger partial charge in [0.15, 0.2) is 0 Å². The van der Waals surface area contributed by atoms with Crippen LogP contribution >= 0.6 is 0 Å². The van der Waals surface area contributed by atoms with Crippen LogP contribution in [0.2, 0.25) is 0 Å². The van der Waals surface area contributed by atoms with Crippen molar-refractivity contribution < 1.29 is 14.3 Å². The van der Waals surface area contributed by atoms with E-state index in [0.717, 1.165) is 58.4 Å². The second kappa shape index (κ2) is 22.3. The van der Waals surface area contributed by atoms with Gasteiger partial charge in [0.2, 0.25) is 0 Å². The Morgan fingerprint density at radius 3 is 1.87 bits per heavy atom. The molecule has 7 nitrogen and oxygen atoms in total. The molecule has 2 saturated heterocycles. The Kier molecular flexibility index (Phi) is 19.2. The first kappa shape index (κ1) is 32.7. The van der Waals surface area contributed by atoms with E-state index in [1.54, 1.807) is 0 Å². The van der Waals surface area contributed by atoms with Crippen LogP contribution in [0.4, 0.5) is 9.59 Å². The maximum Gasteiger partial charge on any atom is 0.407 e. The van der Waals surface area contributed by atoms with Crippen molar-refractivity contribution >= 4 is 12.1 Å². The molecule has 7 heteroatoms. The molecule has 2 aliphatic rings. The number of nitrogens with zero attached hydrogens (tertiary/aromatic N) is 2. The first-order valence-electron chi connectivity index (χ1n) is 16.4. The van der Waals surface area contributed by atoms with Crippen molar-refractivity contribution in [3.8, 4) is 0 Å². The van der Waals surface area contributed by atoms with Gasteiger partial charge < -0.3 is 20.3 Å². The number of likely N-dealkylation sites (tertiary alicyclic amines) is 1. The van der Waals surface area contributed by atoms with Crippen molar-refractivity contribution in [3.05, 3.63) is 0 Å². The normalized spacial score (nSPS) is 17.4. The number of ether oxygens (including phenoxy) is 1. The Labute approximate surface area is 234 Å². The number of nitrogens with one attached hydrogen (secondary N) is 2. The summed E-state index contributed by atoms with van der Waals surface area (Å²) in [6, 6.07) is 0.221. The molecule has 3 amide bonds. The Balaban J connectivity index is 1.38. The van der Waals surface area contributed by atoms with Gasteiger partial charge in [-0.2, -0.15) is 0 Å². The van der Waals surface area contributed by atoms with E-state index >= 15 is 0 Å². The maximum absolute atomic E-state index is 12.8. The quantitative estimate of drug-likeness (QED) is 0.107. The summed E-state index contributed by atoms with van der Waals surface area (Å²) < 4.78 is 5.35. The third kappa shape index (κ3) is 17.2. The zero-order chi connectivity index (χ0) is 27.1. The Morgan fingerprint density at radius 1 is 0.711 bits per heavy atom. The second-order valence-corrected chi connectivity index (χ2v) is 11.6. The zero-order valence-corrected chi connectivity index (χ0v) is 24.8. The molecule has 222 valence electrons. The molecular weight excluding hydrogens is 476 g/mol. The summed E-state index contributed by atoms with van der Waals surface area (Å²) in [5.41, 5.74) is 0. The number of hydrogen-bond donors (Lipinski definition) is 2. The van der Waals surface area contributed by atoms with E-state index in [0.29, 0.717) is 19.6 Å². The summed E-state index contributed by atoms with van der Waals surface area (Å²) in [5.74, 6) is 0. The number of urea groups is 1. The molecule has 0 spiro atoms. The van der Waals surface area contributed by atoms with E-state index in [1.165, 1.54) is 96.3 Å². The van der Waals surface area contributed by atoms with Crippen molar-refractivity contribution in [2.75, 3.05) is 45.9 Å². The molecule has 0 saturated carbocycles. The van der Waals surface area contributed by atoms with Crippen molar-refractivity contribution in [1.29, 1.82) is 0 Å². The van der Waals surface area contributed by atoms with Crippen molar-refractivity contribution in [3.63, 3.8) is 0 Å². The number of amides is 3. The predicted molar refractivity (Wildman–Crippen MR) is 158 cm³/mol. The largest absolute Gasteiger partial charge is 0.449 e. The molecule has 2 fully saturated rings. The summed E-state index contributed by atoms with van der Waals surface area (Å²) in [5, 5.41) is 5.94. The highest BCUT2D eigenvalue weighted by Gasteiger charge is 2.26. The fourth-order valence-corrected chi connectivity index (χ4v) is 5.49. The van der Waals surface area contributed by atoms with Crippen LogP contribution < -0.4 is 10.6 Å². The molecule has 2 aliphatic heterocycles. The van der Waals surface area contributed by atoms with E-state index in [9.17, 15) is 9.59 Å². The Bertz CT molecular complexity index is 600. The van der Waals surface area contributed by atoms with Gasteiger partial charge in [-0.3, -0.25) is 4.90 Å². The minimum Gasteiger partial charge on any atom is -0.449 e. The van der Waals surface area contributed by atoms with Crippen LogP contribution in [0, 0.1) is 0 Å². The van der Waals surface area contributed by atoms with Crippen LogP contribution in [0.1, 0.15) is 135 Å². The highest BCUT2D eigenvalue weighted by atomic mass is 16.5. The molecule has 2 heterocycles. The van der Waals surface area contributed by atoms with Gasteiger partial charge in [-0.1, -0.05) is 103 Å². The number of unbranched alkanes of at least 4 members (excludes halogenated alkanes) is 15. The van der Waals surface area contributed by atoms with Gasteiger partial charge in [-0.15, -0.1) is 0 Å². The number of alkyl carbamates (subject to hydrolysis) is 1. The van der Waals surface area contributed by atoms with E-state index in [4.69, 9.17) is 4.74 Å². The molecule has 1 unspecified atom stereocenters. The van der Waals surface area contributed by atoms with Gasteiger partial charge in [-0.25, -0.2) is 9.59 Å². The fraction of sp³-hybridized carbons (Fsp3) is 0.935. The van der Waals surface area contributed by atoms with Gasteiger partial charge in [0, 0.05) is 51.7 Å². The molecule has 0 aromatic rings. The Morgan fingerprint density at radius 2 is 1.29 bits per heavy atom. The van der Waals surface area contributed by atoms with Crippen LogP contribution in [0.15, 0.2) is 0 Å². The van der Waals surface area contributed by atoms with Gasteiger partial charge in [0.05, 0.1) is 6.61 Å². The lowest BCUT2D eigenvalue weighted by atomic mass is 10.00. The van der Waals surface area contributed by atoms with Crippen LogP contribution in [-0.2, 0) is 4.74 Å². The summed E-state index contributed by atoms with van der Waals surface area (Å²) >= 11 is 0. The number of hydrogen-bond acceptors (Lipinski definition) is 4. The van der Waals surface area contributed by atoms with E-state index in [-0.39, 0.29) is 18.2 Å². The van der Waals surface area contributed by atoms with Crippen molar-refractivity contribution in [1.82, 2.24) is 20.4 Å². The summed E-state index contributed by atoms with van der Waals surface area (Å²) in [7, 11) is 0. The van der Waals surface area contributed by atoms with Gasteiger partial charge in [0.1, 0.15) is 0 Å². The fourth-order valence-electron chi connectivity index (χ4n) is 5.49. The molecule has 0 aliphatic carbocycles. The average molecular weight is 537 g/mol. The predicted octanol–water partition coefficient (Wildman–Crippen LogP) is 7.24. The minimum absolute atomic E-state index is 0.0543. The van der Waals surface area contributed by atoms with E-state index in [2.05, 4.69) is 22.5 Å². The minimum atomic E-state index is -0.345. The number of carbonyl (C=O) groups excluding carboxylic acids is 2. The molecule has 2 rings (SSSR count). The molecule has 1 atom stereocenters. The standard InChI is InChI=1S/C31H60N4O3/c1-2-3-4-5-6-7-8-9-10-11-12-13-14-15-16-18-22-32-30(36)35-24-19-17-20-29(35)21-28-38-31(37)33-23-25-34-26-27-34/h29H,2-28H2,1H3,(H,32,36)(H,33,37). The Hall–Kier alpha value is -1.50. The topological polar surface area (TPSA) is 73.7 Å². The number of piperidine rings is 1. The number of carbonyl (C=O) groups is 2. The molecule has 0 radical (unpaired) electrons. The molecule has 38 heavy (non-hydrogen) atoms. The monoisotopic (exact) mass is 536 g/mol. The molecular formula is C31H60N4O3. The lowest BCUT2D eigenvalue weighted by Crippen LogP contribution is -2.49. The van der Waals surface area contributed by atoms with Crippen LogP contribution in [-0.4, -0.2) is 73.8 Å². The average Bonchev–Trinajstić information content (AvgIpc) is 3.75. The third-order valence-corrected chi connectivity index (χ3v) is 8.12. The molecule has 0 aromatic heterocycles. The highest BCUT2D eigenvalue weighted by Crippen LogP contribution is 2.20. The van der Waals surface area contributed by atoms with Gasteiger partial charge in [0.25, 0.3) is 0 Å². The number of rotatable bonds is 23. The van der Waals surface area contributed by atoms with Crippen LogP contribution in [0.3, 0.4) is 0 Å². The SMILES string of the molecule is CCCCCCCCCCCCCCCCCCNC(=O)N1CCCCC1CCOC(=O)NCCN1CC1. The first-order valence-corrected chi connectivity index (χ1v) is 16.4.